The van der Waals surface area contributed by atoms with Crippen molar-refractivity contribution in [2.45, 2.75) is 77.7 Å². The van der Waals surface area contributed by atoms with E-state index in [1.807, 2.05) is 0 Å². The van der Waals surface area contributed by atoms with E-state index in [9.17, 15) is 5.11 Å². The van der Waals surface area contributed by atoms with Crippen LogP contribution in [0.2, 0.25) is 0 Å². The quantitative estimate of drug-likeness (QED) is 0.756. The number of hydrogen-bond donors (Lipinski definition) is 1. The van der Waals surface area contributed by atoms with Crippen LogP contribution in [0.15, 0.2) is 0 Å². The fraction of sp³-hybridized carbons (Fsp3) is 1.00. The van der Waals surface area contributed by atoms with E-state index in [1.165, 1.54) is 38.5 Å². The Morgan fingerprint density at radius 3 is 2.29 bits per heavy atom. The second kappa shape index (κ2) is 5.30. The lowest BCUT2D eigenvalue weighted by atomic mass is 9.61. The van der Waals surface area contributed by atoms with Crippen LogP contribution in [0.25, 0.3) is 0 Å². The lowest BCUT2D eigenvalue weighted by molar-refractivity contribution is -0.115. The molecule has 100 valence electrons. The molecule has 0 bridgehead atoms. The van der Waals surface area contributed by atoms with Gasteiger partial charge in [0.25, 0.3) is 0 Å². The molecule has 2 rings (SSSR count). The van der Waals surface area contributed by atoms with Gasteiger partial charge in [-0.15, -0.1) is 0 Å². The molecule has 4 atom stereocenters. The average Bonchev–Trinajstić information content (AvgIpc) is 2.28. The van der Waals surface area contributed by atoms with Gasteiger partial charge in [0.1, 0.15) is 0 Å². The Morgan fingerprint density at radius 2 is 1.71 bits per heavy atom. The van der Waals surface area contributed by atoms with Gasteiger partial charge in [-0.1, -0.05) is 40.0 Å². The molecule has 2 aliphatic carbocycles. The van der Waals surface area contributed by atoms with Crippen LogP contribution in [-0.4, -0.2) is 10.7 Å². The molecular formula is C16H30O. The summed E-state index contributed by atoms with van der Waals surface area (Å²) >= 11 is 0. The summed E-state index contributed by atoms with van der Waals surface area (Å²) in [6.45, 7) is 7.00. The highest BCUT2D eigenvalue weighted by Crippen LogP contribution is 2.48. The predicted octanol–water partition coefficient (Wildman–Crippen LogP) is 4.39. The van der Waals surface area contributed by atoms with E-state index in [1.54, 1.807) is 0 Å². The van der Waals surface area contributed by atoms with Gasteiger partial charge >= 0.3 is 0 Å². The molecule has 0 radical (unpaired) electrons. The van der Waals surface area contributed by atoms with E-state index >= 15 is 0 Å². The molecule has 2 aliphatic rings. The van der Waals surface area contributed by atoms with Gasteiger partial charge in [-0.05, 0) is 55.8 Å². The Morgan fingerprint density at radius 1 is 1.06 bits per heavy atom. The zero-order valence-corrected chi connectivity index (χ0v) is 11.9. The zero-order chi connectivity index (χ0) is 12.5. The minimum absolute atomic E-state index is 0.323. The summed E-state index contributed by atoms with van der Waals surface area (Å²) in [4.78, 5) is 0. The monoisotopic (exact) mass is 238 g/mol. The summed E-state index contributed by atoms with van der Waals surface area (Å²) < 4.78 is 0. The maximum absolute atomic E-state index is 11.2. The van der Waals surface area contributed by atoms with Crippen LogP contribution < -0.4 is 0 Å². The summed E-state index contributed by atoms with van der Waals surface area (Å²) in [6.07, 6.45) is 9.95. The third kappa shape index (κ3) is 2.70. The lowest BCUT2D eigenvalue weighted by Gasteiger charge is -2.49. The van der Waals surface area contributed by atoms with Crippen molar-refractivity contribution in [2.24, 2.45) is 23.7 Å². The predicted molar refractivity (Wildman–Crippen MR) is 72.9 cm³/mol. The van der Waals surface area contributed by atoms with Crippen LogP contribution in [0, 0.1) is 23.7 Å². The van der Waals surface area contributed by atoms with Crippen molar-refractivity contribution in [3.8, 4) is 0 Å². The smallest absolute Gasteiger partial charge is 0.0703 e. The third-order valence-corrected chi connectivity index (χ3v) is 5.47. The van der Waals surface area contributed by atoms with Gasteiger partial charge in [-0.2, -0.15) is 0 Å². The molecule has 2 fully saturated rings. The Bertz CT molecular complexity index is 240. The first kappa shape index (κ1) is 13.4. The second-order valence-electron chi connectivity index (χ2n) is 6.96. The topological polar surface area (TPSA) is 20.2 Å². The molecular weight excluding hydrogens is 208 g/mol. The molecule has 1 N–H and O–H groups in total. The fourth-order valence-electron chi connectivity index (χ4n) is 4.70. The first-order valence-corrected chi connectivity index (χ1v) is 7.78. The summed E-state index contributed by atoms with van der Waals surface area (Å²) in [6, 6.07) is 0. The van der Waals surface area contributed by atoms with Crippen molar-refractivity contribution in [1.82, 2.24) is 0 Å². The summed E-state index contributed by atoms with van der Waals surface area (Å²) in [7, 11) is 0. The third-order valence-electron chi connectivity index (χ3n) is 5.47. The molecule has 1 nitrogen and oxygen atoms in total. The molecule has 1 heteroatoms. The number of hydrogen-bond acceptors (Lipinski definition) is 1. The molecule has 0 aromatic rings. The lowest BCUT2D eigenvalue weighted by Crippen LogP contribution is -2.49. The van der Waals surface area contributed by atoms with Crippen molar-refractivity contribution >= 4 is 0 Å². The highest BCUT2D eigenvalue weighted by molar-refractivity contribution is 4.97. The van der Waals surface area contributed by atoms with E-state index in [4.69, 9.17) is 0 Å². The van der Waals surface area contributed by atoms with Crippen molar-refractivity contribution in [2.75, 3.05) is 0 Å². The molecule has 0 aromatic heterocycles. The number of rotatable bonds is 2. The normalized spacial score (nSPS) is 48.0. The molecule has 0 spiro atoms. The standard InChI is InChI=1S/C16H30O/c1-4-14-7-5-6-8-16(14,17)15-10-12(2)9-13(3)11-15/h12-15,17H,4-11H2,1-3H3. The maximum Gasteiger partial charge on any atom is 0.0703 e. The van der Waals surface area contributed by atoms with Crippen molar-refractivity contribution < 1.29 is 5.11 Å². The molecule has 0 aromatic carbocycles. The Hall–Kier alpha value is -0.0400. The van der Waals surface area contributed by atoms with Gasteiger partial charge in [0.05, 0.1) is 5.60 Å². The highest BCUT2D eigenvalue weighted by Gasteiger charge is 2.46. The van der Waals surface area contributed by atoms with Crippen molar-refractivity contribution in [3.05, 3.63) is 0 Å². The maximum atomic E-state index is 11.2. The molecule has 4 unspecified atom stereocenters. The minimum Gasteiger partial charge on any atom is -0.389 e. The van der Waals surface area contributed by atoms with Gasteiger partial charge in [-0.25, -0.2) is 0 Å². The van der Waals surface area contributed by atoms with Crippen LogP contribution in [0.5, 0.6) is 0 Å². The second-order valence-corrected chi connectivity index (χ2v) is 6.96. The largest absolute Gasteiger partial charge is 0.389 e. The molecule has 0 saturated heterocycles. The summed E-state index contributed by atoms with van der Waals surface area (Å²) in [5, 5.41) is 11.2. The minimum atomic E-state index is -0.323. The summed E-state index contributed by atoms with van der Waals surface area (Å²) in [5.74, 6) is 2.77. The van der Waals surface area contributed by atoms with Gasteiger partial charge < -0.3 is 5.11 Å². The van der Waals surface area contributed by atoms with Crippen LogP contribution in [0.4, 0.5) is 0 Å². The van der Waals surface area contributed by atoms with Gasteiger partial charge in [0.2, 0.25) is 0 Å². The Kier molecular flexibility index (Phi) is 4.18. The average molecular weight is 238 g/mol. The van der Waals surface area contributed by atoms with Crippen LogP contribution in [0.1, 0.15) is 72.1 Å². The zero-order valence-electron chi connectivity index (χ0n) is 11.9. The highest BCUT2D eigenvalue weighted by atomic mass is 16.3. The summed E-state index contributed by atoms with van der Waals surface area (Å²) in [5.41, 5.74) is -0.323. The van der Waals surface area contributed by atoms with E-state index in [0.717, 1.165) is 24.7 Å². The van der Waals surface area contributed by atoms with Crippen molar-refractivity contribution in [3.63, 3.8) is 0 Å². The molecule has 0 heterocycles. The van der Waals surface area contributed by atoms with Crippen LogP contribution >= 0.6 is 0 Å². The molecule has 17 heavy (non-hydrogen) atoms. The molecule has 2 saturated carbocycles. The molecule has 0 aliphatic heterocycles. The van der Waals surface area contributed by atoms with Gasteiger partial charge in [0, 0.05) is 0 Å². The fourth-order valence-corrected chi connectivity index (χ4v) is 4.70. The van der Waals surface area contributed by atoms with E-state index < -0.39 is 0 Å². The number of aliphatic hydroxyl groups is 1. The van der Waals surface area contributed by atoms with Crippen LogP contribution in [0.3, 0.4) is 0 Å². The first-order chi connectivity index (χ1) is 8.06. The van der Waals surface area contributed by atoms with E-state index in [2.05, 4.69) is 20.8 Å². The van der Waals surface area contributed by atoms with Crippen LogP contribution in [-0.2, 0) is 0 Å². The molecule has 0 amide bonds. The van der Waals surface area contributed by atoms with E-state index in [0.29, 0.717) is 11.8 Å². The van der Waals surface area contributed by atoms with E-state index in [-0.39, 0.29) is 5.60 Å². The first-order valence-electron chi connectivity index (χ1n) is 7.78. The Labute approximate surface area is 107 Å². The van der Waals surface area contributed by atoms with Crippen molar-refractivity contribution in [1.29, 1.82) is 0 Å². The van der Waals surface area contributed by atoms with Gasteiger partial charge in [0.15, 0.2) is 0 Å². The van der Waals surface area contributed by atoms with Gasteiger partial charge in [-0.3, -0.25) is 0 Å². The SMILES string of the molecule is CCC1CCCCC1(O)C1CC(C)CC(C)C1. The Balaban J connectivity index is 2.11.